The van der Waals surface area contributed by atoms with Crippen molar-refractivity contribution in [3.05, 3.63) is 70.2 Å². The molecule has 0 bridgehead atoms. The van der Waals surface area contributed by atoms with E-state index in [4.69, 9.17) is 4.74 Å². The molecule has 0 saturated heterocycles. The van der Waals surface area contributed by atoms with Gasteiger partial charge >= 0.3 is 0 Å². The third-order valence-corrected chi connectivity index (χ3v) is 4.81. The molecule has 4 heteroatoms. The molecule has 0 unspecified atom stereocenters. The van der Waals surface area contributed by atoms with E-state index in [1.165, 1.54) is 11.1 Å². The van der Waals surface area contributed by atoms with Gasteiger partial charge in [0.2, 0.25) is 0 Å². The number of aromatic nitrogens is 1. The first-order valence-electron chi connectivity index (χ1n) is 10.1. The third-order valence-electron chi connectivity index (χ3n) is 4.07. The van der Waals surface area contributed by atoms with Crippen molar-refractivity contribution in [3.63, 3.8) is 0 Å². The minimum absolute atomic E-state index is 0.0498. The Morgan fingerprint density at radius 1 is 1.21 bits per heavy atom. The van der Waals surface area contributed by atoms with E-state index >= 15 is 0 Å². The van der Waals surface area contributed by atoms with Crippen LogP contribution in [0.3, 0.4) is 0 Å². The van der Waals surface area contributed by atoms with Crippen LogP contribution in [0.1, 0.15) is 43.7 Å². The van der Waals surface area contributed by atoms with Gasteiger partial charge in [-0.3, -0.25) is 9.88 Å². The summed E-state index contributed by atoms with van der Waals surface area (Å²) in [6.45, 7) is 12.6. The van der Waals surface area contributed by atoms with E-state index in [9.17, 15) is 0 Å². The smallest absolute Gasteiger partial charge is 0.0797 e. The van der Waals surface area contributed by atoms with Crippen LogP contribution in [0.5, 0.6) is 0 Å². The first-order chi connectivity index (χ1) is 14.0. The first kappa shape index (κ1) is 23.1. The second kappa shape index (κ2) is 12.4. The molecule has 0 N–H and O–H groups in total. The predicted octanol–water partition coefficient (Wildman–Crippen LogP) is 5.80. The number of benzene rings is 1. The molecule has 1 aromatic heterocycles. The topological polar surface area (TPSA) is 25.4 Å². The Labute approximate surface area is 180 Å². The largest absolute Gasteiger partial charge is 0.373 e. The predicted molar refractivity (Wildman–Crippen MR) is 125 cm³/mol. The van der Waals surface area contributed by atoms with Gasteiger partial charge in [-0.2, -0.15) is 0 Å². The molecule has 0 aliphatic rings. The highest BCUT2D eigenvalue weighted by molar-refractivity contribution is 7.10. The summed E-state index contributed by atoms with van der Waals surface area (Å²) in [4.78, 5) is 7.60. The van der Waals surface area contributed by atoms with Crippen molar-refractivity contribution in [2.24, 2.45) is 5.41 Å². The van der Waals surface area contributed by atoms with Crippen LogP contribution in [-0.2, 0) is 17.9 Å². The normalized spacial score (nSPS) is 12.0. The quantitative estimate of drug-likeness (QED) is 0.367. The Bertz CT molecular complexity index is 836. The molecule has 3 nitrogen and oxygen atoms in total. The Balaban J connectivity index is 1.79. The lowest BCUT2D eigenvalue weighted by molar-refractivity contribution is 0.149. The molecule has 0 radical (unpaired) electrons. The zero-order valence-corrected chi connectivity index (χ0v) is 18.8. The summed E-state index contributed by atoms with van der Waals surface area (Å²) in [6, 6.07) is 8.64. The summed E-state index contributed by atoms with van der Waals surface area (Å²) >= 11 is 1.63. The van der Waals surface area contributed by atoms with E-state index < -0.39 is 0 Å². The van der Waals surface area contributed by atoms with E-state index in [2.05, 4.69) is 79.8 Å². The zero-order valence-electron chi connectivity index (χ0n) is 18.0. The molecule has 0 fully saturated rings. The Morgan fingerprint density at radius 2 is 2.03 bits per heavy atom. The zero-order chi connectivity index (χ0) is 21.0. The lowest BCUT2D eigenvalue weighted by Gasteiger charge is -2.18. The van der Waals surface area contributed by atoms with Crippen LogP contribution in [0, 0.1) is 17.3 Å². The minimum atomic E-state index is 0.0498. The van der Waals surface area contributed by atoms with Gasteiger partial charge in [0, 0.05) is 29.6 Å². The SMILES string of the molecule is CCN(CC=CC#CC(C)(C)C)Cc1cccc(COCC=Cc2cncs2)c1. The summed E-state index contributed by atoms with van der Waals surface area (Å²) < 4.78 is 5.78. The molecule has 1 aromatic carbocycles. The summed E-state index contributed by atoms with van der Waals surface area (Å²) in [6.07, 6.45) is 10.1. The maximum atomic E-state index is 5.78. The van der Waals surface area contributed by atoms with Crippen molar-refractivity contribution < 1.29 is 4.74 Å². The molecule has 2 rings (SSSR count). The second-order valence-electron chi connectivity index (χ2n) is 7.89. The van der Waals surface area contributed by atoms with Gasteiger partial charge < -0.3 is 4.74 Å². The number of hydrogen-bond acceptors (Lipinski definition) is 4. The van der Waals surface area contributed by atoms with Gasteiger partial charge in [0.1, 0.15) is 0 Å². The molecule has 0 spiro atoms. The van der Waals surface area contributed by atoms with Gasteiger partial charge in [-0.05, 0) is 50.6 Å². The third kappa shape index (κ3) is 10.2. The highest BCUT2D eigenvalue weighted by Gasteiger charge is 2.04. The van der Waals surface area contributed by atoms with Gasteiger partial charge in [-0.1, -0.05) is 55.2 Å². The molecule has 154 valence electrons. The Kier molecular flexibility index (Phi) is 9.87. The lowest BCUT2D eigenvalue weighted by Crippen LogP contribution is -2.22. The number of allylic oxidation sites excluding steroid dienone is 1. The average molecular weight is 409 g/mol. The first-order valence-corrected chi connectivity index (χ1v) is 10.9. The fourth-order valence-electron chi connectivity index (χ4n) is 2.62. The molecule has 0 amide bonds. The molecule has 0 atom stereocenters. The summed E-state index contributed by atoms with van der Waals surface area (Å²) in [5.74, 6) is 6.37. The van der Waals surface area contributed by atoms with Crippen molar-refractivity contribution in [2.75, 3.05) is 19.7 Å². The van der Waals surface area contributed by atoms with Crippen LogP contribution in [-0.4, -0.2) is 29.6 Å². The highest BCUT2D eigenvalue weighted by atomic mass is 32.1. The minimum Gasteiger partial charge on any atom is -0.373 e. The number of nitrogens with zero attached hydrogens (tertiary/aromatic N) is 2. The highest BCUT2D eigenvalue weighted by Crippen LogP contribution is 2.11. The molecule has 0 aliphatic carbocycles. The van der Waals surface area contributed by atoms with Crippen molar-refractivity contribution in [1.29, 1.82) is 0 Å². The average Bonchev–Trinajstić information content (AvgIpc) is 3.19. The lowest BCUT2D eigenvalue weighted by atomic mass is 9.98. The number of rotatable bonds is 10. The van der Waals surface area contributed by atoms with Crippen LogP contribution in [0.2, 0.25) is 0 Å². The van der Waals surface area contributed by atoms with Crippen LogP contribution in [0.4, 0.5) is 0 Å². The molecular weight excluding hydrogens is 376 g/mol. The van der Waals surface area contributed by atoms with Gasteiger partial charge in [-0.15, -0.1) is 11.3 Å². The maximum absolute atomic E-state index is 5.78. The Hall–Kier alpha value is -2.19. The summed E-state index contributed by atoms with van der Waals surface area (Å²) in [5.41, 5.74) is 4.40. The molecule has 29 heavy (non-hydrogen) atoms. The number of hydrogen-bond donors (Lipinski definition) is 0. The van der Waals surface area contributed by atoms with Gasteiger partial charge in [-0.25, -0.2) is 0 Å². The van der Waals surface area contributed by atoms with Crippen LogP contribution < -0.4 is 0 Å². The van der Waals surface area contributed by atoms with Gasteiger partial charge in [0.05, 0.1) is 18.7 Å². The van der Waals surface area contributed by atoms with Crippen LogP contribution in [0.25, 0.3) is 6.08 Å². The van der Waals surface area contributed by atoms with E-state index in [1.807, 2.05) is 29.9 Å². The van der Waals surface area contributed by atoms with Crippen molar-refractivity contribution in [3.8, 4) is 11.8 Å². The Morgan fingerprint density at radius 3 is 2.76 bits per heavy atom. The number of ether oxygens (including phenoxy) is 1. The standard InChI is InChI=1S/C25H32N2OS/c1-5-27(15-8-6-7-14-25(2,3)4)19-22-11-9-12-23(17-22)20-28-16-10-13-24-18-26-21-29-24/h6,8-13,17-18,21H,5,15-16,19-20H2,1-4H3. The molecular formula is C25H32N2OS. The van der Waals surface area contributed by atoms with Crippen molar-refractivity contribution >= 4 is 17.4 Å². The number of likely N-dealkylation sites (N-methyl/N-ethyl adjacent to an activating group) is 1. The van der Waals surface area contributed by atoms with Crippen molar-refractivity contribution in [2.45, 2.75) is 40.8 Å². The van der Waals surface area contributed by atoms with E-state index in [0.29, 0.717) is 13.2 Å². The summed E-state index contributed by atoms with van der Waals surface area (Å²) in [7, 11) is 0. The fraction of sp³-hybridized carbons (Fsp3) is 0.400. The fourth-order valence-corrected chi connectivity index (χ4v) is 3.16. The summed E-state index contributed by atoms with van der Waals surface area (Å²) in [5, 5.41) is 0. The van der Waals surface area contributed by atoms with E-state index in [-0.39, 0.29) is 5.41 Å². The van der Waals surface area contributed by atoms with Gasteiger partial charge in [0.15, 0.2) is 0 Å². The van der Waals surface area contributed by atoms with Gasteiger partial charge in [0.25, 0.3) is 0 Å². The molecule has 0 aliphatic heterocycles. The molecule has 1 heterocycles. The van der Waals surface area contributed by atoms with Crippen molar-refractivity contribution in [1.82, 2.24) is 9.88 Å². The monoisotopic (exact) mass is 408 g/mol. The number of thiazole rings is 1. The van der Waals surface area contributed by atoms with E-state index in [0.717, 1.165) is 24.5 Å². The molecule has 2 aromatic rings. The second-order valence-corrected chi connectivity index (χ2v) is 8.81. The maximum Gasteiger partial charge on any atom is 0.0797 e. The van der Waals surface area contributed by atoms with E-state index in [1.54, 1.807) is 11.3 Å². The van der Waals surface area contributed by atoms with Crippen LogP contribution >= 0.6 is 11.3 Å². The molecule has 0 saturated carbocycles. The van der Waals surface area contributed by atoms with Crippen LogP contribution in [0.15, 0.2) is 54.2 Å².